The van der Waals surface area contributed by atoms with Crippen molar-refractivity contribution in [2.24, 2.45) is 10.2 Å². The molecule has 3 aliphatic rings. The number of nitrogens with one attached hydrogen (secondary N) is 2. The van der Waals surface area contributed by atoms with Gasteiger partial charge in [-0.25, -0.2) is 0 Å². The molecule has 0 fully saturated rings. The summed E-state index contributed by atoms with van der Waals surface area (Å²) in [7, 11) is 0. The number of fused-ring (bicyclic) bond motifs is 7. The van der Waals surface area contributed by atoms with Gasteiger partial charge in [0.15, 0.2) is 5.71 Å². The Morgan fingerprint density at radius 3 is 1.67 bits per heavy atom. The quantitative estimate of drug-likeness (QED) is 0.0126. The zero-order valence-electron chi connectivity index (χ0n) is 51.7. The molecule has 18 nitrogen and oxygen atoms in total. The number of hydrogen-bond acceptors (Lipinski definition) is 11. The average molecular weight is 1220 g/mol. The van der Waals surface area contributed by atoms with Crippen LogP contribution in [0.1, 0.15) is 101 Å². The highest BCUT2D eigenvalue weighted by Gasteiger charge is 2.46. The normalized spacial score (nSPS) is 15.6. The van der Waals surface area contributed by atoms with E-state index in [0.717, 1.165) is 73.9 Å². The molecular formula is C69H86ClN10O8+. The molecule has 2 heterocycles. The molecule has 19 heteroatoms. The number of allylic oxidation sites excluding steroid dienone is 8. The van der Waals surface area contributed by atoms with Crippen molar-refractivity contribution in [1.29, 1.82) is 0 Å². The molecule has 1 aliphatic carbocycles. The van der Waals surface area contributed by atoms with Crippen LogP contribution in [-0.2, 0) is 48.8 Å². The topological polar surface area (TPSA) is 217 Å². The fourth-order valence-electron chi connectivity index (χ4n) is 12.1. The van der Waals surface area contributed by atoms with Gasteiger partial charge in [-0.05, 0) is 113 Å². The lowest BCUT2D eigenvalue weighted by molar-refractivity contribution is -0.438. The summed E-state index contributed by atoms with van der Waals surface area (Å²) in [5, 5.41) is 18.5. The Kier molecular flexibility index (Phi) is 26.1. The molecule has 0 aromatic heterocycles. The number of halogens is 1. The third-order valence-electron chi connectivity index (χ3n) is 16.3. The van der Waals surface area contributed by atoms with Gasteiger partial charge in [0.1, 0.15) is 6.54 Å². The van der Waals surface area contributed by atoms with E-state index in [9.17, 15) is 9.59 Å². The second-order valence-electron chi connectivity index (χ2n) is 22.9. The van der Waals surface area contributed by atoms with Crippen LogP contribution in [0.15, 0.2) is 142 Å². The average Bonchev–Trinajstić information content (AvgIpc) is 1.80. The maximum absolute atomic E-state index is 12.8. The highest BCUT2D eigenvalue weighted by Crippen LogP contribution is 2.52. The van der Waals surface area contributed by atoms with Gasteiger partial charge in [-0.1, -0.05) is 127 Å². The van der Waals surface area contributed by atoms with Gasteiger partial charge in [-0.2, -0.15) is 4.58 Å². The number of benzene rings is 5. The monoisotopic (exact) mass is 1220 g/mol. The molecule has 0 bridgehead atoms. The van der Waals surface area contributed by atoms with Gasteiger partial charge in [-0.3, -0.25) is 9.59 Å². The van der Waals surface area contributed by atoms with Crippen molar-refractivity contribution in [1.82, 2.24) is 10.6 Å². The lowest BCUT2D eigenvalue weighted by atomic mass is 9.79. The Morgan fingerprint density at radius 2 is 1.08 bits per heavy atom. The summed E-state index contributed by atoms with van der Waals surface area (Å²) in [6, 6.07) is 34.8. The fraction of sp³-hybridized carbons (Fsp3) is 0.464. The summed E-state index contributed by atoms with van der Waals surface area (Å²) in [5.74, 6) is 0.0420. The van der Waals surface area contributed by atoms with Crippen LogP contribution >= 0.6 is 11.6 Å². The number of ether oxygens (including phenoxy) is 6. The summed E-state index contributed by atoms with van der Waals surface area (Å²) >= 11 is 7.68. The van der Waals surface area contributed by atoms with Crippen LogP contribution in [0.4, 0.5) is 11.4 Å². The molecule has 2 amide bonds. The molecule has 0 spiro atoms. The summed E-state index contributed by atoms with van der Waals surface area (Å²) in [5.41, 5.74) is 27.6. The molecule has 0 atom stereocenters. The minimum absolute atomic E-state index is 0.0210. The van der Waals surface area contributed by atoms with Gasteiger partial charge in [0.2, 0.25) is 17.5 Å². The first kappa shape index (κ1) is 66.6. The van der Waals surface area contributed by atoms with Crippen LogP contribution in [0.2, 0.25) is 0 Å². The molecule has 0 unspecified atom stereocenters. The zero-order chi connectivity index (χ0) is 62.0. The molecule has 0 saturated heterocycles. The predicted octanol–water partition coefficient (Wildman–Crippen LogP) is 13.7. The van der Waals surface area contributed by atoms with Crippen molar-refractivity contribution in [3.05, 3.63) is 175 Å². The number of nitrogens with zero attached hydrogens (tertiary/aromatic N) is 8. The summed E-state index contributed by atoms with van der Waals surface area (Å²) in [4.78, 5) is 33.5. The number of hydrogen-bond donors (Lipinski definition) is 2. The first-order valence-corrected chi connectivity index (χ1v) is 31.4. The van der Waals surface area contributed by atoms with Gasteiger partial charge >= 0.3 is 0 Å². The van der Waals surface area contributed by atoms with E-state index in [4.69, 9.17) is 51.1 Å². The highest BCUT2D eigenvalue weighted by molar-refractivity contribution is 6.42. The number of unbranched alkanes of at least 4 members (excludes halogenated alkanes) is 4. The lowest BCUT2D eigenvalue weighted by Gasteiger charge is -2.27. The molecule has 2 N–H and O–H groups in total. The maximum Gasteiger partial charge on any atom is 0.220 e. The number of azide groups is 2. The van der Waals surface area contributed by atoms with Crippen LogP contribution in [0.25, 0.3) is 53.6 Å². The zero-order valence-corrected chi connectivity index (χ0v) is 52.4. The molecule has 88 heavy (non-hydrogen) atoms. The number of carbonyl (C=O) groups excluding carboxylic acids is 2. The molecule has 5 aromatic rings. The Balaban J connectivity index is 0.910. The number of amides is 2. The maximum atomic E-state index is 12.8. The van der Waals surface area contributed by atoms with Crippen LogP contribution < -0.4 is 15.5 Å². The summed E-state index contributed by atoms with van der Waals surface area (Å²) in [6.07, 6.45) is 15.1. The van der Waals surface area contributed by atoms with Crippen LogP contribution in [0.5, 0.6) is 0 Å². The molecule has 2 aliphatic heterocycles. The van der Waals surface area contributed by atoms with Crippen molar-refractivity contribution >= 4 is 73.2 Å². The van der Waals surface area contributed by atoms with Gasteiger partial charge in [0, 0.05) is 107 Å². The Bertz CT molecular complexity index is 3450. The van der Waals surface area contributed by atoms with Crippen molar-refractivity contribution in [2.45, 2.75) is 89.9 Å². The molecule has 0 saturated carbocycles. The molecule has 8 rings (SSSR count). The molecule has 5 aromatic carbocycles. The van der Waals surface area contributed by atoms with Crippen LogP contribution in [0, 0.1) is 0 Å². The molecule has 466 valence electrons. The van der Waals surface area contributed by atoms with E-state index in [1.54, 1.807) is 0 Å². The fourth-order valence-corrected chi connectivity index (χ4v) is 12.4. The third-order valence-corrected chi connectivity index (χ3v) is 16.7. The van der Waals surface area contributed by atoms with Crippen molar-refractivity contribution < 1.29 is 42.6 Å². The number of rotatable bonds is 39. The molecular weight excluding hydrogens is 1130 g/mol. The SMILES string of the molecule is CC1(C)C(/C=C/C2=C(Cl)C(=C/C=C3/N(CCCCCC(=O)NCCOCCOCCOCCN=[N+]=[N-])c4ccc5ccccc5c4C3(C)C)/c3ccccc32)=[N+](CCCCCC(=O)NCCOCCOCCOCCN=[N+]=[N-])c2ccc3ccccc3c21. The van der Waals surface area contributed by atoms with Gasteiger partial charge < -0.3 is 44.0 Å². The van der Waals surface area contributed by atoms with E-state index in [1.807, 2.05) is 0 Å². The second kappa shape index (κ2) is 34.4. The lowest BCUT2D eigenvalue weighted by Crippen LogP contribution is -2.28. The van der Waals surface area contributed by atoms with Crippen molar-refractivity contribution in [2.75, 3.05) is 123 Å². The van der Waals surface area contributed by atoms with Crippen LogP contribution in [-0.4, -0.2) is 141 Å². The third kappa shape index (κ3) is 17.7. The summed E-state index contributed by atoms with van der Waals surface area (Å²) in [6.45, 7) is 17.3. The highest BCUT2D eigenvalue weighted by atomic mass is 35.5. The largest absolute Gasteiger partial charge is 0.379 e. The summed E-state index contributed by atoms with van der Waals surface area (Å²) < 4.78 is 35.4. The van der Waals surface area contributed by atoms with Gasteiger partial charge in [0.25, 0.3) is 0 Å². The van der Waals surface area contributed by atoms with E-state index in [0.29, 0.717) is 123 Å². The Hall–Kier alpha value is -7.34. The van der Waals surface area contributed by atoms with E-state index in [2.05, 4.69) is 189 Å². The van der Waals surface area contributed by atoms with E-state index in [-0.39, 0.29) is 22.6 Å². The van der Waals surface area contributed by atoms with Crippen molar-refractivity contribution in [3.63, 3.8) is 0 Å². The predicted molar refractivity (Wildman–Crippen MR) is 351 cm³/mol. The van der Waals surface area contributed by atoms with Crippen molar-refractivity contribution in [3.8, 4) is 0 Å². The molecule has 0 radical (unpaired) electrons. The van der Waals surface area contributed by atoms with Gasteiger partial charge in [-0.15, -0.1) is 0 Å². The number of anilines is 1. The Morgan fingerprint density at radius 1 is 0.568 bits per heavy atom. The standard InChI is InChI=1S/C69H85ClN10O8/c1-68(2)61(79(59-29-25-51-17-9-11-19-53(51)65(59)68)37-15-5-7-23-63(81)73-33-39-83-43-47-87-49-45-85-41-35-75-77-71)31-27-57-55-21-13-14-22-56(55)58(67(57)70)28-32-62-69(3,4)66-54-20-12-10-18-52(54)26-30-60(66)80(62)38-16-6-8-24-64(82)74-34-40-84-44-48-88-50-46-86-42-36-76-78-72/h9-14,17-22,25-32H,5-8,15-16,23-24,33-50H2,1-4H3,(H-,73,74,81,82)/p+1. The van der Waals surface area contributed by atoms with Gasteiger partial charge in [0.05, 0.1) is 89.7 Å². The van der Waals surface area contributed by atoms with E-state index in [1.165, 1.54) is 55.5 Å². The first-order valence-electron chi connectivity index (χ1n) is 31.1. The smallest absolute Gasteiger partial charge is 0.220 e. The second-order valence-corrected chi connectivity index (χ2v) is 23.3. The van der Waals surface area contributed by atoms with E-state index >= 15 is 0 Å². The first-order chi connectivity index (χ1) is 43.0. The minimum atomic E-state index is -0.330. The van der Waals surface area contributed by atoms with Crippen LogP contribution in [0.3, 0.4) is 0 Å². The number of carbonyl (C=O) groups is 2. The minimum Gasteiger partial charge on any atom is -0.379 e. The Labute approximate surface area is 522 Å². The van der Waals surface area contributed by atoms with E-state index < -0.39 is 0 Å².